The summed E-state index contributed by atoms with van der Waals surface area (Å²) in [5.41, 5.74) is 9.19. The fourth-order valence-corrected chi connectivity index (χ4v) is 3.59. The number of aromatic nitrogens is 2. The van der Waals surface area contributed by atoms with Gasteiger partial charge in [-0.2, -0.15) is 4.31 Å². The van der Waals surface area contributed by atoms with Crippen molar-refractivity contribution in [2.75, 3.05) is 12.3 Å². The van der Waals surface area contributed by atoms with Crippen molar-refractivity contribution in [1.82, 2.24) is 14.3 Å². The molecule has 1 aliphatic rings. The van der Waals surface area contributed by atoms with Crippen LogP contribution in [0.2, 0.25) is 0 Å². The maximum atomic E-state index is 12.5. The number of benzene rings is 1. The van der Waals surface area contributed by atoms with E-state index in [0.717, 1.165) is 16.7 Å². The van der Waals surface area contributed by atoms with Crippen molar-refractivity contribution in [1.29, 1.82) is 0 Å². The maximum absolute atomic E-state index is 12.5. The maximum Gasteiger partial charge on any atom is 0.236 e. The van der Waals surface area contributed by atoms with Crippen LogP contribution in [-0.4, -0.2) is 29.2 Å². The number of hydrogen-bond donors (Lipinski definition) is 1. The second-order valence-corrected chi connectivity index (χ2v) is 7.36. The van der Waals surface area contributed by atoms with Crippen molar-refractivity contribution >= 4 is 22.0 Å². The third-order valence-electron chi connectivity index (χ3n) is 3.80. The van der Waals surface area contributed by atoms with Gasteiger partial charge in [-0.15, -0.1) is 0 Å². The van der Waals surface area contributed by atoms with Crippen LogP contribution in [-0.2, 0) is 23.0 Å². The van der Waals surface area contributed by atoms with Gasteiger partial charge < -0.3 is 5.73 Å². The topological polar surface area (TPSA) is 89.2 Å². The fourth-order valence-electron chi connectivity index (χ4n) is 2.44. The molecule has 0 aliphatic carbocycles. The number of nitrogens with two attached hydrogens (primary N) is 1. The lowest BCUT2D eigenvalue weighted by Crippen LogP contribution is -2.35. The monoisotopic (exact) mass is 330 g/mol. The Morgan fingerprint density at radius 2 is 2.00 bits per heavy atom. The Kier molecular flexibility index (Phi) is 4.14. The standard InChI is InChI=1S/C16H18N4O2S/c1-12-2-4-13(5-3-12)7-9-23(21,22)20-8-6-14-10-18-16(17)19-15(14)11-20/h2-5,7,9-10H,6,8,11H2,1H3,(H2,17,18,19)/b9-7+. The summed E-state index contributed by atoms with van der Waals surface area (Å²) in [5.74, 6) is 0.165. The van der Waals surface area contributed by atoms with Crippen LogP contribution >= 0.6 is 0 Å². The molecule has 120 valence electrons. The van der Waals surface area contributed by atoms with E-state index in [2.05, 4.69) is 9.97 Å². The summed E-state index contributed by atoms with van der Waals surface area (Å²) < 4.78 is 26.4. The fraction of sp³-hybridized carbons (Fsp3) is 0.250. The molecule has 2 heterocycles. The van der Waals surface area contributed by atoms with E-state index in [-0.39, 0.29) is 12.5 Å². The third-order valence-corrected chi connectivity index (χ3v) is 5.31. The number of fused-ring (bicyclic) bond motifs is 1. The van der Waals surface area contributed by atoms with E-state index in [1.54, 1.807) is 12.3 Å². The average molecular weight is 330 g/mol. The number of hydrogen-bond acceptors (Lipinski definition) is 5. The highest BCUT2D eigenvalue weighted by atomic mass is 32.2. The number of nitrogens with zero attached hydrogens (tertiary/aromatic N) is 3. The Labute approximate surface area is 135 Å². The highest BCUT2D eigenvalue weighted by Gasteiger charge is 2.26. The van der Waals surface area contributed by atoms with Crippen LogP contribution in [0.4, 0.5) is 5.95 Å². The zero-order valence-corrected chi connectivity index (χ0v) is 13.6. The molecule has 0 amide bonds. The summed E-state index contributed by atoms with van der Waals surface area (Å²) in [6.07, 6.45) is 3.87. The molecule has 2 aromatic rings. The van der Waals surface area contributed by atoms with E-state index in [1.165, 1.54) is 9.71 Å². The molecule has 0 radical (unpaired) electrons. The van der Waals surface area contributed by atoms with Gasteiger partial charge in [0.2, 0.25) is 16.0 Å². The van der Waals surface area contributed by atoms with Crippen LogP contribution in [0.5, 0.6) is 0 Å². The second kappa shape index (κ2) is 6.10. The summed E-state index contributed by atoms with van der Waals surface area (Å²) >= 11 is 0. The third kappa shape index (κ3) is 3.57. The first-order chi connectivity index (χ1) is 10.9. The minimum absolute atomic E-state index is 0.165. The molecule has 6 nitrogen and oxygen atoms in total. The molecule has 1 aromatic carbocycles. The van der Waals surface area contributed by atoms with Crippen LogP contribution in [0.3, 0.4) is 0 Å². The normalized spacial score (nSPS) is 15.7. The Bertz CT molecular complexity index is 845. The minimum Gasteiger partial charge on any atom is -0.368 e. The number of aryl methyl sites for hydroxylation is 1. The van der Waals surface area contributed by atoms with Crippen molar-refractivity contribution in [2.45, 2.75) is 19.9 Å². The lowest BCUT2D eigenvalue weighted by molar-refractivity contribution is 0.390. The zero-order valence-electron chi connectivity index (χ0n) is 12.8. The van der Waals surface area contributed by atoms with Gasteiger partial charge in [0.1, 0.15) is 0 Å². The van der Waals surface area contributed by atoms with Gasteiger partial charge in [0.05, 0.1) is 12.2 Å². The molecular formula is C16H18N4O2S. The van der Waals surface area contributed by atoms with Gasteiger partial charge >= 0.3 is 0 Å². The summed E-state index contributed by atoms with van der Waals surface area (Å²) in [5, 5.41) is 1.24. The molecule has 0 saturated carbocycles. The molecule has 0 saturated heterocycles. The average Bonchev–Trinajstić information content (AvgIpc) is 2.53. The van der Waals surface area contributed by atoms with Crippen molar-refractivity contribution < 1.29 is 8.42 Å². The van der Waals surface area contributed by atoms with Crippen molar-refractivity contribution in [3.8, 4) is 0 Å². The molecule has 0 atom stereocenters. The van der Waals surface area contributed by atoms with Crippen molar-refractivity contribution in [3.05, 3.63) is 58.3 Å². The molecule has 1 aliphatic heterocycles. The number of rotatable bonds is 3. The van der Waals surface area contributed by atoms with E-state index in [9.17, 15) is 8.42 Å². The van der Waals surface area contributed by atoms with E-state index >= 15 is 0 Å². The Morgan fingerprint density at radius 1 is 1.26 bits per heavy atom. The SMILES string of the molecule is Cc1ccc(/C=C/S(=O)(=O)N2CCc3cnc(N)nc3C2)cc1. The van der Waals surface area contributed by atoms with E-state index < -0.39 is 10.0 Å². The summed E-state index contributed by atoms with van der Waals surface area (Å²) in [7, 11) is -3.50. The number of sulfonamides is 1. The smallest absolute Gasteiger partial charge is 0.236 e. The first-order valence-corrected chi connectivity index (χ1v) is 8.79. The van der Waals surface area contributed by atoms with Crippen molar-refractivity contribution in [2.24, 2.45) is 0 Å². The van der Waals surface area contributed by atoms with Crippen LogP contribution in [0.25, 0.3) is 6.08 Å². The summed E-state index contributed by atoms with van der Waals surface area (Å²) in [4.78, 5) is 8.09. The second-order valence-electron chi connectivity index (χ2n) is 5.54. The number of nitrogen functional groups attached to an aromatic ring is 1. The number of anilines is 1. The van der Waals surface area contributed by atoms with E-state index in [0.29, 0.717) is 18.7 Å². The minimum atomic E-state index is -3.50. The van der Waals surface area contributed by atoms with Gasteiger partial charge in [0, 0.05) is 18.1 Å². The quantitative estimate of drug-likeness (QED) is 0.925. The molecule has 3 rings (SSSR count). The molecule has 0 unspecified atom stereocenters. The van der Waals surface area contributed by atoms with Crippen LogP contribution < -0.4 is 5.73 Å². The van der Waals surface area contributed by atoms with Gasteiger partial charge in [-0.1, -0.05) is 29.8 Å². The highest BCUT2D eigenvalue weighted by molar-refractivity contribution is 7.92. The predicted octanol–water partition coefficient (Wildman–Crippen LogP) is 1.73. The summed E-state index contributed by atoms with van der Waals surface area (Å²) in [6, 6.07) is 7.67. The van der Waals surface area contributed by atoms with Crippen LogP contribution in [0.1, 0.15) is 22.4 Å². The van der Waals surface area contributed by atoms with E-state index in [1.807, 2.05) is 31.2 Å². The molecule has 0 spiro atoms. The van der Waals surface area contributed by atoms with Gasteiger partial charge in [0.15, 0.2) is 0 Å². The van der Waals surface area contributed by atoms with Crippen LogP contribution in [0, 0.1) is 6.92 Å². The summed E-state index contributed by atoms with van der Waals surface area (Å²) in [6.45, 7) is 2.63. The molecule has 1 aromatic heterocycles. The lowest BCUT2D eigenvalue weighted by Gasteiger charge is -2.25. The first-order valence-electron chi connectivity index (χ1n) is 7.29. The Morgan fingerprint density at radius 3 is 2.74 bits per heavy atom. The Balaban J connectivity index is 1.79. The zero-order chi connectivity index (χ0) is 16.4. The molecule has 0 bridgehead atoms. The van der Waals surface area contributed by atoms with Gasteiger partial charge in [-0.05, 0) is 30.5 Å². The van der Waals surface area contributed by atoms with Crippen LogP contribution in [0.15, 0.2) is 35.9 Å². The van der Waals surface area contributed by atoms with Gasteiger partial charge in [-0.25, -0.2) is 18.4 Å². The van der Waals surface area contributed by atoms with E-state index in [4.69, 9.17) is 5.73 Å². The highest BCUT2D eigenvalue weighted by Crippen LogP contribution is 2.20. The molecular weight excluding hydrogens is 312 g/mol. The lowest BCUT2D eigenvalue weighted by atomic mass is 10.1. The molecule has 7 heteroatoms. The molecule has 2 N–H and O–H groups in total. The largest absolute Gasteiger partial charge is 0.368 e. The first kappa shape index (κ1) is 15.6. The Hall–Kier alpha value is -2.25. The molecule has 0 fully saturated rings. The van der Waals surface area contributed by atoms with Gasteiger partial charge in [0.25, 0.3) is 0 Å². The van der Waals surface area contributed by atoms with Crippen molar-refractivity contribution in [3.63, 3.8) is 0 Å². The van der Waals surface area contributed by atoms with Gasteiger partial charge in [-0.3, -0.25) is 0 Å². The molecule has 23 heavy (non-hydrogen) atoms. The predicted molar refractivity (Wildman–Crippen MR) is 89.7 cm³/mol.